The fraction of sp³-hybridized carbons (Fsp3) is 1.00. The van der Waals surface area contributed by atoms with Gasteiger partial charge in [0.2, 0.25) is 0 Å². The molecule has 15 heavy (non-hydrogen) atoms. The lowest BCUT2D eigenvalue weighted by Crippen LogP contribution is -2.55. The third kappa shape index (κ3) is 2.19. The number of morpholine rings is 1. The average Bonchev–Trinajstić information content (AvgIpc) is 2.11. The van der Waals surface area contributed by atoms with Gasteiger partial charge in [-0.15, -0.1) is 0 Å². The molecule has 0 spiro atoms. The van der Waals surface area contributed by atoms with Crippen LogP contribution in [0.4, 0.5) is 0 Å². The highest BCUT2D eigenvalue weighted by atomic mass is 16.5. The lowest BCUT2D eigenvalue weighted by molar-refractivity contribution is -0.191. The van der Waals surface area contributed by atoms with Crippen molar-refractivity contribution in [1.82, 2.24) is 5.32 Å². The Bertz CT molecular complexity index is 212. The van der Waals surface area contributed by atoms with Crippen LogP contribution in [0.2, 0.25) is 0 Å². The van der Waals surface area contributed by atoms with E-state index >= 15 is 0 Å². The van der Waals surface area contributed by atoms with Crippen LogP contribution in [0.5, 0.6) is 0 Å². The zero-order valence-electron chi connectivity index (χ0n) is 10.1. The van der Waals surface area contributed by atoms with Crippen molar-refractivity contribution in [2.24, 2.45) is 10.8 Å². The Morgan fingerprint density at radius 2 is 2.07 bits per heavy atom. The molecule has 1 atom stereocenters. The normalized spacial score (nSPS) is 31.0. The topological polar surface area (TPSA) is 30.5 Å². The van der Waals surface area contributed by atoms with Gasteiger partial charge >= 0.3 is 0 Å². The van der Waals surface area contributed by atoms with Gasteiger partial charge in [0.15, 0.2) is 0 Å². The molecule has 0 amide bonds. The molecule has 0 radical (unpaired) electrons. The van der Waals surface area contributed by atoms with Crippen LogP contribution in [0.25, 0.3) is 0 Å². The summed E-state index contributed by atoms with van der Waals surface area (Å²) in [7, 11) is 0. The molecule has 3 nitrogen and oxygen atoms in total. The summed E-state index contributed by atoms with van der Waals surface area (Å²) in [5, 5.41) is 3.39. The number of rotatable bonds is 2. The van der Waals surface area contributed by atoms with Crippen molar-refractivity contribution in [2.75, 3.05) is 32.9 Å². The van der Waals surface area contributed by atoms with Gasteiger partial charge in [-0.2, -0.15) is 0 Å². The summed E-state index contributed by atoms with van der Waals surface area (Å²) in [5.41, 5.74) is 0.642. The average molecular weight is 213 g/mol. The van der Waals surface area contributed by atoms with Crippen molar-refractivity contribution in [3.05, 3.63) is 0 Å². The summed E-state index contributed by atoms with van der Waals surface area (Å²) >= 11 is 0. The van der Waals surface area contributed by atoms with Crippen LogP contribution in [0, 0.1) is 10.8 Å². The maximum absolute atomic E-state index is 5.79. The zero-order valence-corrected chi connectivity index (χ0v) is 10.1. The molecule has 2 heterocycles. The van der Waals surface area contributed by atoms with E-state index < -0.39 is 0 Å². The Morgan fingerprint density at radius 3 is 2.47 bits per heavy atom. The molecule has 1 N–H and O–H groups in total. The van der Waals surface area contributed by atoms with Crippen LogP contribution in [0.15, 0.2) is 0 Å². The zero-order chi connectivity index (χ0) is 10.9. The molecule has 0 aliphatic carbocycles. The van der Waals surface area contributed by atoms with Gasteiger partial charge in [0.1, 0.15) is 0 Å². The first-order valence-corrected chi connectivity index (χ1v) is 5.94. The summed E-state index contributed by atoms with van der Waals surface area (Å²) in [6.07, 6.45) is 1.51. The number of hydrogen-bond acceptors (Lipinski definition) is 3. The van der Waals surface area contributed by atoms with Crippen molar-refractivity contribution in [1.29, 1.82) is 0 Å². The van der Waals surface area contributed by atoms with Gasteiger partial charge in [-0.3, -0.25) is 0 Å². The summed E-state index contributed by atoms with van der Waals surface area (Å²) in [4.78, 5) is 0. The first-order valence-electron chi connectivity index (χ1n) is 5.94. The van der Waals surface area contributed by atoms with Crippen LogP contribution in [-0.2, 0) is 9.47 Å². The number of nitrogens with one attached hydrogen (secondary N) is 1. The number of hydrogen-bond donors (Lipinski definition) is 1. The highest BCUT2D eigenvalue weighted by Gasteiger charge is 2.49. The quantitative estimate of drug-likeness (QED) is 0.752. The Balaban J connectivity index is 1.95. The van der Waals surface area contributed by atoms with E-state index in [1.165, 1.54) is 0 Å². The summed E-state index contributed by atoms with van der Waals surface area (Å²) in [6.45, 7) is 11.6. The Morgan fingerprint density at radius 1 is 1.33 bits per heavy atom. The smallest absolute Gasteiger partial charge is 0.0707 e. The summed E-state index contributed by atoms with van der Waals surface area (Å²) in [5.74, 6) is 0. The molecule has 2 rings (SSSR count). The minimum absolute atomic E-state index is 0.312. The lowest BCUT2D eigenvalue weighted by Gasteiger charge is -2.52. The van der Waals surface area contributed by atoms with Crippen LogP contribution in [0.1, 0.15) is 27.2 Å². The second-order valence-corrected chi connectivity index (χ2v) is 5.92. The van der Waals surface area contributed by atoms with E-state index in [2.05, 4.69) is 26.1 Å². The van der Waals surface area contributed by atoms with E-state index in [-0.39, 0.29) is 0 Å². The van der Waals surface area contributed by atoms with Gasteiger partial charge in [0, 0.05) is 18.5 Å². The molecule has 0 aromatic heterocycles. The van der Waals surface area contributed by atoms with Crippen LogP contribution in [-0.4, -0.2) is 39.0 Å². The van der Waals surface area contributed by atoms with Crippen molar-refractivity contribution in [3.8, 4) is 0 Å². The molecule has 2 fully saturated rings. The minimum Gasteiger partial charge on any atom is -0.380 e. The van der Waals surface area contributed by atoms with Gasteiger partial charge < -0.3 is 14.8 Å². The first-order chi connectivity index (χ1) is 7.04. The van der Waals surface area contributed by atoms with Gasteiger partial charge in [0.05, 0.1) is 25.9 Å². The molecule has 2 aliphatic heterocycles. The van der Waals surface area contributed by atoms with Crippen LogP contribution >= 0.6 is 0 Å². The molecule has 2 saturated heterocycles. The van der Waals surface area contributed by atoms with E-state index in [1.54, 1.807) is 0 Å². The van der Waals surface area contributed by atoms with Gasteiger partial charge in [-0.25, -0.2) is 0 Å². The molecule has 0 bridgehead atoms. The number of ether oxygens (including phenoxy) is 2. The summed E-state index contributed by atoms with van der Waals surface area (Å²) in [6, 6.07) is 0. The maximum atomic E-state index is 5.79. The predicted molar refractivity (Wildman–Crippen MR) is 59.9 cm³/mol. The fourth-order valence-corrected chi connectivity index (χ4v) is 2.39. The minimum atomic E-state index is 0.312. The predicted octanol–water partition coefficient (Wildman–Crippen LogP) is 1.43. The van der Waals surface area contributed by atoms with Gasteiger partial charge in [-0.1, -0.05) is 20.8 Å². The Kier molecular flexibility index (Phi) is 3.06. The van der Waals surface area contributed by atoms with E-state index in [0.29, 0.717) is 16.9 Å². The molecule has 2 aliphatic rings. The summed E-state index contributed by atoms with van der Waals surface area (Å²) < 4.78 is 11.2. The van der Waals surface area contributed by atoms with E-state index in [0.717, 1.165) is 39.3 Å². The molecular weight excluding hydrogens is 190 g/mol. The second-order valence-electron chi connectivity index (χ2n) is 5.92. The van der Waals surface area contributed by atoms with Gasteiger partial charge in [0.25, 0.3) is 0 Å². The third-order valence-corrected chi connectivity index (χ3v) is 3.97. The van der Waals surface area contributed by atoms with E-state index in [9.17, 15) is 0 Å². The molecule has 0 aromatic carbocycles. The molecule has 0 saturated carbocycles. The highest BCUT2D eigenvalue weighted by molar-refractivity contribution is 4.97. The van der Waals surface area contributed by atoms with Gasteiger partial charge in [-0.05, 0) is 11.8 Å². The molecule has 1 unspecified atom stereocenters. The van der Waals surface area contributed by atoms with Crippen LogP contribution < -0.4 is 5.32 Å². The fourth-order valence-electron chi connectivity index (χ4n) is 2.39. The lowest BCUT2D eigenvalue weighted by atomic mass is 9.62. The Hall–Kier alpha value is -0.120. The Labute approximate surface area is 92.5 Å². The SMILES string of the molecule is CC(C)(C)C1(CC2CNCCO2)COC1. The van der Waals surface area contributed by atoms with Crippen molar-refractivity contribution >= 4 is 0 Å². The van der Waals surface area contributed by atoms with Crippen molar-refractivity contribution in [2.45, 2.75) is 33.3 Å². The molecule has 88 valence electrons. The highest BCUT2D eigenvalue weighted by Crippen LogP contribution is 2.48. The largest absolute Gasteiger partial charge is 0.380 e. The maximum Gasteiger partial charge on any atom is 0.0707 e. The van der Waals surface area contributed by atoms with Crippen LogP contribution in [0.3, 0.4) is 0 Å². The van der Waals surface area contributed by atoms with Crippen molar-refractivity contribution in [3.63, 3.8) is 0 Å². The van der Waals surface area contributed by atoms with Crippen molar-refractivity contribution < 1.29 is 9.47 Å². The molecule has 3 heteroatoms. The molecular formula is C12H23NO2. The van der Waals surface area contributed by atoms with E-state index in [1.807, 2.05) is 0 Å². The third-order valence-electron chi connectivity index (χ3n) is 3.97. The molecule has 0 aromatic rings. The first kappa shape index (κ1) is 11.4. The van der Waals surface area contributed by atoms with E-state index in [4.69, 9.17) is 9.47 Å². The standard InChI is InChI=1S/C12H23NO2/c1-11(2,3)12(8-14-9-12)6-10-7-13-4-5-15-10/h10,13H,4-9H2,1-3H3. The second kappa shape index (κ2) is 4.04. The monoisotopic (exact) mass is 213 g/mol.